The molecule has 0 spiro atoms. The summed E-state index contributed by atoms with van der Waals surface area (Å²) in [5, 5.41) is 12.0. The molecule has 0 aliphatic carbocycles. The Hall–Kier alpha value is -1.51. The highest BCUT2D eigenvalue weighted by Gasteiger charge is 2.18. The van der Waals surface area contributed by atoms with Crippen LogP contribution in [0.2, 0.25) is 0 Å². The van der Waals surface area contributed by atoms with Crippen molar-refractivity contribution in [3.63, 3.8) is 0 Å². The minimum atomic E-state index is -0.852. The van der Waals surface area contributed by atoms with Gasteiger partial charge in [0.25, 0.3) is 0 Å². The van der Waals surface area contributed by atoms with Gasteiger partial charge in [-0.2, -0.15) is 0 Å². The molecular weight excluding hydrogens is 166 g/mol. The van der Waals surface area contributed by atoms with E-state index in [9.17, 15) is 4.79 Å². The molecule has 0 saturated carbocycles. The Kier molecular flexibility index (Phi) is 1.72. The van der Waals surface area contributed by atoms with Crippen LogP contribution in [-0.2, 0) is 6.42 Å². The summed E-state index contributed by atoms with van der Waals surface area (Å²) < 4.78 is 0. The number of hydrogen-bond donors (Lipinski definition) is 2. The number of aromatic carboxylic acids is 1. The number of carboxylic acid groups (broad SMARTS) is 1. The van der Waals surface area contributed by atoms with Crippen LogP contribution in [0.1, 0.15) is 21.5 Å². The highest BCUT2D eigenvalue weighted by Crippen LogP contribution is 2.27. The number of carboxylic acids is 1. The third kappa shape index (κ3) is 1.26. The summed E-state index contributed by atoms with van der Waals surface area (Å²) >= 11 is 0. The predicted octanol–water partition coefficient (Wildman–Crippen LogP) is 1.66. The van der Waals surface area contributed by atoms with Crippen LogP contribution in [-0.4, -0.2) is 17.6 Å². The van der Waals surface area contributed by atoms with Crippen molar-refractivity contribution in [1.29, 1.82) is 0 Å². The van der Waals surface area contributed by atoms with Gasteiger partial charge in [0.1, 0.15) is 0 Å². The summed E-state index contributed by atoms with van der Waals surface area (Å²) in [5.41, 5.74) is 3.34. The zero-order chi connectivity index (χ0) is 9.42. The summed E-state index contributed by atoms with van der Waals surface area (Å²) in [5.74, 6) is -0.852. The molecule has 1 aliphatic rings. The van der Waals surface area contributed by atoms with Crippen molar-refractivity contribution >= 4 is 11.7 Å². The molecule has 0 atom stereocenters. The lowest BCUT2D eigenvalue weighted by atomic mass is 10.0. The fraction of sp³-hybridized carbons (Fsp3) is 0.300. The highest BCUT2D eigenvalue weighted by molar-refractivity contribution is 5.96. The molecule has 1 aliphatic heterocycles. The zero-order valence-corrected chi connectivity index (χ0v) is 7.42. The maximum atomic E-state index is 10.9. The molecule has 3 nitrogen and oxygen atoms in total. The second-order valence-electron chi connectivity index (χ2n) is 3.33. The average molecular weight is 177 g/mol. The minimum Gasteiger partial charge on any atom is -0.478 e. The molecule has 0 bridgehead atoms. The van der Waals surface area contributed by atoms with Gasteiger partial charge in [-0.05, 0) is 30.5 Å². The molecule has 1 aromatic carbocycles. The molecule has 2 N–H and O–H groups in total. The number of nitrogens with one attached hydrogen (secondary N) is 1. The van der Waals surface area contributed by atoms with Crippen LogP contribution in [0.15, 0.2) is 12.1 Å². The Balaban J connectivity index is 2.62. The fourth-order valence-electron chi connectivity index (χ4n) is 1.76. The van der Waals surface area contributed by atoms with Gasteiger partial charge >= 0.3 is 5.97 Å². The van der Waals surface area contributed by atoms with Crippen molar-refractivity contribution in [2.24, 2.45) is 0 Å². The van der Waals surface area contributed by atoms with Crippen LogP contribution in [0.3, 0.4) is 0 Å². The van der Waals surface area contributed by atoms with Gasteiger partial charge in [0, 0.05) is 6.54 Å². The maximum absolute atomic E-state index is 10.9. The summed E-state index contributed by atoms with van der Waals surface area (Å²) in [6.45, 7) is 2.77. The van der Waals surface area contributed by atoms with Gasteiger partial charge in [-0.1, -0.05) is 6.07 Å². The van der Waals surface area contributed by atoms with Crippen molar-refractivity contribution in [2.75, 3.05) is 11.9 Å². The molecule has 0 fully saturated rings. The molecule has 0 amide bonds. The molecule has 68 valence electrons. The van der Waals surface area contributed by atoms with E-state index in [4.69, 9.17) is 5.11 Å². The third-order valence-electron chi connectivity index (χ3n) is 2.29. The molecule has 0 radical (unpaired) electrons. The average Bonchev–Trinajstić information content (AvgIpc) is 2.49. The summed E-state index contributed by atoms with van der Waals surface area (Å²) in [6.07, 6.45) is 0.928. The van der Waals surface area contributed by atoms with Crippen LogP contribution in [0.4, 0.5) is 5.69 Å². The number of rotatable bonds is 1. The minimum absolute atomic E-state index is 0.396. The quantitative estimate of drug-likeness (QED) is 0.685. The molecule has 3 heteroatoms. The Bertz CT molecular complexity index is 371. The maximum Gasteiger partial charge on any atom is 0.337 e. The van der Waals surface area contributed by atoms with Crippen LogP contribution >= 0.6 is 0 Å². The number of hydrogen-bond acceptors (Lipinski definition) is 2. The number of fused-ring (bicyclic) bond motifs is 1. The summed E-state index contributed by atoms with van der Waals surface area (Å²) in [4.78, 5) is 10.9. The van der Waals surface area contributed by atoms with E-state index in [1.165, 1.54) is 0 Å². The largest absolute Gasteiger partial charge is 0.478 e. The molecule has 1 aromatic rings. The highest BCUT2D eigenvalue weighted by atomic mass is 16.4. The standard InChI is InChI=1S/C10H11NO2/c1-6-4-7-2-3-11-9(7)8(5-6)10(12)13/h4-5,11H,2-3H2,1H3,(H,12,13). The van der Waals surface area contributed by atoms with Crippen molar-refractivity contribution in [3.8, 4) is 0 Å². The van der Waals surface area contributed by atoms with E-state index >= 15 is 0 Å². The lowest BCUT2D eigenvalue weighted by molar-refractivity contribution is 0.0698. The van der Waals surface area contributed by atoms with E-state index in [2.05, 4.69) is 5.32 Å². The third-order valence-corrected chi connectivity index (χ3v) is 2.29. The lowest BCUT2D eigenvalue weighted by Gasteiger charge is -2.05. The molecule has 0 aromatic heterocycles. The smallest absolute Gasteiger partial charge is 0.337 e. The molecule has 13 heavy (non-hydrogen) atoms. The van der Waals surface area contributed by atoms with E-state index in [0.717, 1.165) is 29.8 Å². The molecule has 0 unspecified atom stereocenters. The Morgan fingerprint density at radius 3 is 3.00 bits per heavy atom. The first-order valence-electron chi connectivity index (χ1n) is 4.29. The molecule has 0 saturated heterocycles. The Morgan fingerprint density at radius 2 is 2.31 bits per heavy atom. The first-order valence-corrected chi connectivity index (χ1v) is 4.29. The van der Waals surface area contributed by atoms with Gasteiger partial charge < -0.3 is 10.4 Å². The van der Waals surface area contributed by atoms with Gasteiger partial charge in [0.15, 0.2) is 0 Å². The van der Waals surface area contributed by atoms with E-state index in [1.807, 2.05) is 13.0 Å². The van der Waals surface area contributed by atoms with Crippen molar-refractivity contribution < 1.29 is 9.90 Å². The van der Waals surface area contributed by atoms with E-state index < -0.39 is 5.97 Å². The van der Waals surface area contributed by atoms with Crippen molar-refractivity contribution in [3.05, 3.63) is 28.8 Å². The van der Waals surface area contributed by atoms with Crippen LogP contribution in [0.25, 0.3) is 0 Å². The Labute approximate surface area is 76.4 Å². The normalized spacial score (nSPS) is 13.6. The van der Waals surface area contributed by atoms with E-state index in [-0.39, 0.29) is 0 Å². The van der Waals surface area contributed by atoms with Gasteiger partial charge in [0.2, 0.25) is 0 Å². The molecular formula is C10H11NO2. The number of anilines is 1. The van der Waals surface area contributed by atoms with Crippen molar-refractivity contribution in [2.45, 2.75) is 13.3 Å². The molecule has 1 heterocycles. The van der Waals surface area contributed by atoms with Gasteiger partial charge in [-0.15, -0.1) is 0 Å². The van der Waals surface area contributed by atoms with Crippen LogP contribution in [0, 0.1) is 6.92 Å². The molecule has 2 rings (SSSR count). The van der Waals surface area contributed by atoms with Crippen LogP contribution in [0.5, 0.6) is 0 Å². The fourth-order valence-corrected chi connectivity index (χ4v) is 1.76. The zero-order valence-electron chi connectivity index (χ0n) is 7.42. The SMILES string of the molecule is Cc1cc2c(c(C(=O)O)c1)NCC2. The predicted molar refractivity (Wildman–Crippen MR) is 50.3 cm³/mol. The van der Waals surface area contributed by atoms with Crippen molar-refractivity contribution in [1.82, 2.24) is 0 Å². The summed E-state index contributed by atoms with van der Waals surface area (Å²) in [7, 11) is 0. The second-order valence-corrected chi connectivity index (χ2v) is 3.33. The lowest BCUT2D eigenvalue weighted by Crippen LogP contribution is -2.02. The second kappa shape index (κ2) is 2.76. The van der Waals surface area contributed by atoms with Crippen LogP contribution < -0.4 is 5.32 Å². The topological polar surface area (TPSA) is 49.3 Å². The Morgan fingerprint density at radius 1 is 1.54 bits per heavy atom. The van der Waals surface area contributed by atoms with Gasteiger partial charge in [-0.25, -0.2) is 4.79 Å². The van der Waals surface area contributed by atoms with E-state index in [1.54, 1.807) is 6.07 Å². The monoisotopic (exact) mass is 177 g/mol. The number of carbonyl (C=O) groups is 1. The summed E-state index contributed by atoms with van der Waals surface area (Å²) in [6, 6.07) is 3.75. The first kappa shape index (κ1) is 8.10. The number of benzene rings is 1. The first-order chi connectivity index (χ1) is 6.18. The number of aryl methyl sites for hydroxylation is 1. The van der Waals surface area contributed by atoms with Gasteiger partial charge in [0.05, 0.1) is 11.3 Å². The van der Waals surface area contributed by atoms with E-state index in [0.29, 0.717) is 5.56 Å². The van der Waals surface area contributed by atoms with Gasteiger partial charge in [-0.3, -0.25) is 0 Å².